The molecule has 1 atom stereocenters. The first-order chi connectivity index (χ1) is 7.43. The molecule has 1 fully saturated rings. The van der Waals surface area contributed by atoms with Crippen LogP contribution < -0.4 is 5.32 Å². The van der Waals surface area contributed by atoms with Gasteiger partial charge in [0.2, 0.25) is 0 Å². The van der Waals surface area contributed by atoms with E-state index >= 15 is 0 Å². The van der Waals surface area contributed by atoms with Crippen LogP contribution in [-0.2, 0) is 4.74 Å². The molecule has 1 saturated heterocycles. The fraction of sp³-hybridized carbons (Fsp3) is 1.00. The van der Waals surface area contributed by atoms with Crippen molar-refractivity contribution in [3.63, 3.8) is 0 Å². The van der Waals surface area contributed by atoms with Crippen molar-refractivity contribution in [1.29, 1.82) is 0 Å². The summed E-state index contributed by atoms with van der Waals surface area (Å²) in [6.07, 6.45) is 8.24. The maximum atomic E-state index is 8.59. The van der Waals surface area contributed by atoms with E-state index in [4.69, 9.17) is 9.84 Å². The number of hydrogen-bond acceptors (Lipinski definition) is 3. The third-order valence-electron chi connectivity index (χ3n) is 2.97. The predicted molar refractivity (Wildman–Crippen MR) is 62.0 cm³/mol. The van der Waals surface area contributed by atoms with Gasteiger partial charge in [0.15, 0.2) is 0 Å². The smallest absolute Gasteiger partial charge is 0.0480 e. The van der Waals surface area contributed by atoms with E-state index in [1.165, 1.54) is 25.8 Å². The average Bonchev–Trinajstić information content (AvgIpc) is 2.29. The first-order valence-electron chi connectivity index (χ1n) is 6.35. The number of nitrogens with one attached hydrogen (secondary N) is 1. The van der Waals surface area contributed by atoms with Gasteiger partial charge in [0.05, 0.1) is 0 Å². The van der Waals surface area contributed by atoms with E-state index in [2.05, 4.69) is 5.32 Å². The van der Waals surface area contributed by atoms with Crippen molar-refractivity contribution in [2.45, 2.75) is 51.0 Å². The SMILES string of the molecule is OCCCCCOCCC1CCCCN1. The van der Waals surface area contributed by atoms with Crippen LogP contribution in [0.1, 0.15) is 44.9 Å². The Kier molecular flexibility index (Phi) is 7.88. The van der Waals surface area contributed by atoms with Gasteiger partial charge in [-0.3, -0.25) is 0 Å². The summed E-state index contributed by atoms with van der Waals surface area (Å²) in [5.74, 6) is 0. The summed E-state index contributed by atoms with van der Waals surface area (Å²) >= 11 is 0. The lowest BCUT2D eigenvalue weighted by Gasteiger charge is -2.23. The lowest BCUT2D eigenvalue weighted by Crippen LogP contribution is -2.34. The second-order valence-corrected chi connectivity index (χ2v) is 4.33. The van der Waals surface area contributed by atoms with Crippen LogP contribution in [-0.4, -0.2) is 37.5 Å². The number of unbranched alkanes of at least 4 members (excludes halogenated alkanes) is 2. The average molecular weight is 215 g/mol. The molecule has 1 aliphatic heterocycles. The highest BCUT2D eigenvalue weighted by Gasteiger charge is 2.11. The zero-order chi connectivity index (χ0) is 10.8. The summed E-state index contributed by atoms with van der Waals surface area (Å²) in [5.41, 5.74) is 0. The van der Waals surface area contributed by atoms with Crippen LogP contribution in [0.5, 0.6) is 0 Å². The Bertz CT molecular complexity index is 136. The number of rotatable bonds is 8. The molecular weight excluding hydrogens is 190 g/mol. The predicted octanol–water partition coefficient (Wildman–Crippen LogP) is 1.70. The third kappa shape index (κ3) is 6.88. The zero-order valence-electron chi connectivity index (χ0n) is 9.71. The molecule has 0 spiro atoms. The van der Waals surface area contributed by atoms with Gasteiger partial charge in [-0.1, -0.05) is 6.42 Å². The van der Waals surface area contributed by atoms with Gasteiger partial charge in [-0.15, -0.1) is 0 Å². The summed E-state index contributed by atoms with van der Waals surface area (Å²) in [6, 6.07) is 0.691. The Hall–Kier alpha value is -0.120. The summed E-state index contributed by atoms with van der Waals surface area (Å²) in [7, 11) is 0. The molecule has 1 unspecified atom stereocenters. The Morgan fingerprint density at radius 1 is 1.13 bits per heavy atom. The molecule has 1 rings (SSSR count). The number of piperidine rings is 1. The standard InChI is InChI=1S/C12H25NO2/c14-9-4-1-5-10-15-11-7-12-6-2-3-8-13-12/h12-14H,1-11H2. The van der Waals surface area contributed by atoms with Crippen LogP contribution in [0, 0.1) is 0 Å². The molecule has 0 aromatic heterocycles. The number of hydrogen-bond donors (Lipinski definition) is 2. The second kappa shape index (κ2) is 9.13. The van der Waals surface area contributed by atoms with Crippen molar-refractivity contribution in [3.8, 4) is 0 Å². The molecule has 3 heteroatoms. The summed E-state index contributed by atoms with van der Waals surface area (Å²) in [4.78, 5) is 0. The van der Waals surface area contributed by atoms with E-state index in [1.807, 2.05) is 0 Å². The lowest BCUT2D eigenvalue weighted by atomic mass is 10.0. The first kappa shape index (κ1) is 12.9. The minimum absolute atomic E-state index is 0.312. The Balaban J connectivity index is 1.79. The molecule has 3 nitrogen and oxygen atoms in total. The minimum atomic E-state index is 0.312. The van der Waals surface area contributed by atoms with Crippen LogP contribution >= 0.6 is 0 Å². The molecule has 1 aliphatic rings. The second-order valence-electron chi connectivity index (χ2n) is 4.33. The lowest BCUT2D eigenvalue weighted by molar-refractivity contribution is 0.116. The molecule has 0 aromatic carbocycles. The van der Waals surface area contributed by atoms with Gasteiger partial charge in [0.1, 0.15) is 0 Å². The van der Waals surface area contributed by atoms with Gasteiger partial charge in [-0.05, 0) is 45.1 Å². The van der Waals surface area contributed by atoms with Gasteiger partial charge in [0.25, 0.3) is 0 Å². The zero-order valence-corrected chi connectivity index (χ0v) is 9.71. The van der Waals surface area contributed by atoms with Crippen molar-refractivity contribution >= 4 is 0 Å². The monoisotopic (exact) mass is 215 g/mol. The van der Waals surface area contributed by atoms with Crippen LogP contribution in [0.2, 0.25) is 0 Å². The maximum Gasteiger partial charge on any atom is 0.0480 e. The van der Waals surface area contributed by atoms with Crippen molar-refractivity contribution in [3.05, 3.63) is 0 Å². The highest BCUT2D eigenvalue weighted by molar-refractivity contribution is 4.71. The number of aliphatic hydroxyl groups excluding tert-OH is 1. The van der Waals surface area contributed by atoms with E-state index < -0.39 is 0 Å². The molecule has 15 heavy (non-hydrogen) atoms. The van der Waals surface area contributed by atoms with E-state index in [0.717, 1.165) is 38.9 Å². The van der Waals surface area contributed by atoms with Gasteiger partial charge in [-0.25, -0.2) is 0 Å². The van der Waals surface area contributed by atoms with E-state index in [0.29, 0.717) is 12.6 Å². The molecule has 0 amide bonds. The molecule has 0 radical (unpaired) electrons. The summed E-state index contributed by atoms with van der Waals surface area (Å²) in [5, 5.41) is 12.1. The molecule has 0 saturated carbocycles. The van der Waals surface area contributed by atoms with Crippen molar-refractivity contribution in [2.75, 3.05) is 26.4 Å². The van der Waals surface area contributed by atoms with E-state index in [9.17, 15) is 0 Å². The molecule has 0 aromatic rings. The summed E-state index contributed by atoms with van der Waals surface area (Å²) in [6.45, 7) is 3.23. The topological polar surface area (TPSA) is 41.5 Å². The minimum Gasteiger partial charge on any atom is -0.396 e. The van der Waals surface area contributed by atoms with Crippen LogP contribution in [0.15, 0.2) is 0 Å². The van der Waals surface area contributed by atoms with Crippen molar-refractivity contribution < 1.29 is 9.84 Å². The van der Waals surface area contributed by atoms with Gasteiger partial charge in [0, 0.05) is 25.9 Å². The summed E-state index contributed by atoms with van der Waals surface area (Å²) < 4.78 is 5.56. The Morgan fingerprint density at radius 2 is 2.07 bits per heavy atom. The number of ether oxygens (including phenoxy) is 1. The molecule has 0 bridgehead atoms. The molecule has 0 aliphatic carbocycles. The first-order valence-corrected chi connectivity index (χ1v) is 6.35. The van der Waals surface area contributed by atoms with Crippen LogP contribution in [0.25, 0.3) is 0 Å². The highest BCUT2D eigenvalue weighted by Crippen LogP contribution is 2.09. The van der Waals surface area contributed by atoms with Crippen molar-refractivity contribution in [2.24, 2.45) is 0 Å². The fourth-order valence-electron chi connectivity index (χ4n) is 1.99. The fourth-order valence-corrected chi connectivity index (χ4v) is 1.99. The normalized spacial score (nSPS) is 21.8. The molecular formula is C12H25NO2. The maximum absolute atomic E-state index is 8.59. The highest BCUT2D eigenvalue weighted by atomic mass is 16.5. The van der Waals surface area contributed by atoms with Gasteiger partial charge >= 0.3 is 0 Å². The van der Waals surface area contributed by atoms with E-state index in [1.54, 1.807) is 0 Å². The van der Waals surface area contributed by atoms with E-state index in [-0.39, 0.29) is 0 Å². The Labute approximate surface area is 93.2 Å². The largest absolute Gasteiger partial charge is 0.396 e. The third-order valence-corrected chi connectivity index (χ3v) is 2.97. The molecule has 1 heterocycles. The van der Waals surface area contributed by atoms with Crippen LogP contribution in [0.4, 0.5) is 0 Å². The number of aliphatic hydroxyl groups is 1. The molecule has 90 valence electrons. The van der Waals surface area contributed by atoms with Crippen LogP contribution in [0.3, 0.4) is 0 Å². The molecule has 2 N–H and O–H groups in total. The quantitative estimate of drug-likeness (QED) is 0.606. The van der Waals surface area contributed by atoms with Gasteiger partial charge in [-0.2, -0.15) is 0 Å². The van der Waals surface area contributed by atoms with Gasteiger partial charge < -0.3 is 15.2 Å². The van der Waals surface area contributed by atoms with Crippen molar-refractivity contribution in [1.82, 2.24) is 5.32 Å². The Morgan fingerprint density at radius 3 is 2.80 bits per heavy atom.